The van der Waals surface area contributed by atoms with Crippen LogP contribution >= 0.6 is 11.8 Å². The van der Waals surface area contributed by atoms with Crippen LogP contribution in [0.5, 0.6) is 0 Å². The Morgan fingerprint density at radius 1 is 1.17 bits per heavy atom. The normalized spacial score (nSPS) is 21.6. The van der Waals surface area contributed by atoms with Gasteiger partial charge < -0.3 is 20.4 Å². The van der Waals surface area contributed by atoms with Gasteiger partial charge in [-0.05, 0) is 31.0 Å². The van der Waals surface area contributed by atoms with Crippen molar-refractivity contribution in [2.75, 3.05) is 42.2 Å². The van der Waals surface area contributed by atoms with Gasteiger partial charge in [-0.25, -0.2) is 9.37 Å². The standard InChI is InChI=1S/C22H24FN5OS/c1-26-17-9-12-28(16-6-4-5-15(24)19(16)23)21(29)20(17)30-22(26)14-7-8-18(25-13-14)27-10-2-3-11-27/h4-8,13,22H,2-3,9-12,24H2,1H3. The molecule has 2 aromatic rings. The molecule has 1 aromatic carbocycles. The summed E-state index contributed by atoms with van der Waals surface area (Å²) in [6, 6.07) is 8.97. The lowest BCUT2D eigenvalue weighted by atomic mass is 10.1. The van der Waals surface area contributed by atoms with E-state index in [2.05, 4.69) is 26.9 Å². The van der Waals surface area contributed by atoms with Crippen molar-refractivity contribution in [3.8, 4) is 0 Å². The van der Waals surface area contributed by atoms with Crippen molar-refractivity contribution in [1.29, 1.82) is 0 Å². The summed E-state index contributed by atoms with van der Waals surface area (Å²) in [5.41, 5.74) is 8.08. The van der Waals surface area contributed by atoms with Gasteiger partial charge in [-0.15, -0.1) is 0 Å². The maximum atomic E-state index is 14.5. The molecular formula is C22H24FN5OS. The average molecular weight is 426 g/mol. The topological polar surface area (TPSA) is 65.7 Å². The molecule has 0 radical (unpaired) electrons. The van der Waals surface area contributed by atoms with E-state index < -0.39 is 5.82 Å². The molecule has 156 valence electrons. The van der Waals surface area contributed by atoms with Crippen molar-refractivity contribution in [2.45, 2.75) is 24.6 Å². The molecule has 1 unspecified atom stereocenters. The van der Waals surface area contributed by atoms with Crippen LogP contribution in [-0.4, -0.2) is 42.5 Å². The summed E-state index contributed by atoms with van der Waals surface area (Å²) < 4.78 is 14.5. The van der Waals surface area contributed by atoms with Gasteiger partial charge in [-0.3, -0.25) is 4.79 Å². The van der Waals surface area contributed by atoms with E-state index in [1.807, 2.05) is 13.2 Å². The zero-order chi connectivity index (χ0) is 20.8. The molecule has 0 bridgehead atoms. The predicted molar refractivity (Wildman–Crippen MR) is 119 cm³/mol. The summed E-state index contributed by atoms with van der Waals surface area (Å²) in [6.45, 7) is 2.55. The molecule has 8 heteroatoms. The molecule has 0 spiro atoms. The molecule has 30 heavy (non-hydrogen) atoms. The van der Waals surface area contributed by atoms with Crippen molar-refractivity contribution in [3.05, 3.63) is 58.5 Å². The summed E-state index contributed by atoms with van der Waals surface area (Å²) in [4.78, 5) is 24.5. The number of nitrogen functional groups attached to an aromatic ring is 1. The number of aromatic nitrogens is 1. The number of carbonyl (C=O) groups is 1. The quantitative estimate of drug-likeness (QED) is 0.756. The lowest BCUT2D eigenvalue weighted by molar-refractivity contribution is -0.114. The van der Waals surface area contributed by atoms with Gasteiger partial charge in [-0.1, -0.05) is 23.9 Å². The molecule has 1 aromatic heterocycles. The molecular weight excluding hydrogens is 401 g/mol. The number of thioether (sulfide) groups is 1. The number of nitrogens with zero attached hydrogens (tertiary/aromatic N) is 4. The highest BCUT2D eigenvalue weighted by atomic mass is 32.2. The van der Waals surface area contributed by atoms with Crippen LogP contribution in [0.15, 0.2) is 47.1 Å². The first-order chi connectivity index (χ1) is 14.5. The Balaban J connectivity index is 1.37. The van der Waals surface area contributed by atoms with Crippen LogP contribution in [0.4, 0.5) is 21.6 Å². The van der Waals surface area contributed by atoms with Gasteiger partial charge in [0.1, 0.15) is 11.2 Å². The van der Waals surface area contributed by atoms with Crippen LogP contribution in [0.2, 0.25) is 0 Å². The van der Waals surface area contributed by atoms with Gasteiger partial charge in [0.2, 0.25) is 0 Å². The second-order valence-corrected chi connectivity index (χ2v) is 8.98. The smallest absolute Gasteiger partial charge is 0.266 e. The van der Waals surface area contributed by atoms with Crippen molar-refractivity contribution in [2.24, 2.45) is 0 Å². The van der Waals surface area contributed by atoms with Crippen LogP contribution in [0.3, 0.4) is 0 Å². The van der Waals surface area contributed by atoms with Crippen molar-refractivity contribution in [1.82, 2.24) is 9.88 Å². The second-order valence-electron chi connectivity index (χ2n) is 7.89. The van der Waals surface area contributed by atoms with Crippen LogP contribution < -0.4 is 15.5 Å². The number of anilines is 3. The predicted octanol–water partition coefficient (Wildman–Crippen LogP) is 3.73. The molecule has 1 fully saturated rings. The molecule has 6 nitrogen and oxygen atoms in total. The number of carbonyl (C=O) groups excluding carboxylic acids is 1. The van der Waals surface area contributed by atoms with Crippen molar-refractivity contribution in [3.63, 3.8) is 0 Å². The van der Waals surface area contributed by atoms with E-state index in [0.29, 0.717) is 17.9 Å². The van der Waals surface area contributed by atoms with E-state index in [-0.39, 0.29) is 22.7 Å². The fourth-order valence-electron chi connectivity index (χ4n) is 4.41. The number of benzene rings is 1. The third-order valence-electron chi connectivity index (χ3n) is 6.07. The van der Waals surface area contributed by atoms with Gasteiger partial charge in [0, 0.05) is 50.6 Å². The van der Waals surface area contributed by atoms with Gasteiger partial charge in [0.05, 0.1) is 16.3 Å². The summed E-state index contributed by atoms with van der Waals surface area (Å²) in [7, 11) is 2.01. The van der Waals surface area contributed by atoms with Gasteiger partial charge in [0.15, 0.2) is 5.82 Å². The van der Waals surface area contributed by atoms with Crippen LogP contribution in [0, 0.1) is 5.82 Å². The summed E-state index contributed by atoms with van der Waals surface area (Å²) in [5, 5.41) is -0.00952. The first kappa shape index (κ1) is 19.2. The van der Waals surface area contributed by atoms with Crippen LogP contribution in [0.25, 0.3) is 0 Å². The number of nitrogens with two attached hydrogens (primary N) is 1. The monoisotopic (exact) mass is 425 g/mol. The Morgan fingerprint density at radius 3 is 2.70 bits per heavy atom. The minimum Gasteiger partial charge on any atom is -0.396 e. The molecule has 0 saturated carbocycles. The number of halogens is 1. The molecule has 5 rings (SSSR count). The van der Waals surface area contributed by atoms with Crippen molar-refractivity contribution >= 4 is 34.9 Å². The Labute approximate surface area is 179 Å². The lowest BCUT2D eigenvalue weighted by Gasteiger charge is -2.30. The number of hydrogen-bond donors (Lipinski definition) is 1. The van der Waals surface area contributed by atoms with E-state index in [4.69, 9.17) is 5.73 Å². The molecule has 1 saturated heterocycles. The van der Waals surface area contributed by atoms with Crippen molar-refractivity contribution < 1.29 is 9.18 Å². The number of pyridine rings is 1. The number of rotatable bonds is 3. The highest BCUT2D eigenvalue weighted by Gasteiger charge is 2.40. The largest absolute Gasteiger partial charge is 0.396 e. The second kappa shape index (κ2) is 7.50. The van der Waals surface area contributed by atoms with E-state index in [1.54, 1.807) is 12.1 Å². The third kappa shape index (κ3) is 3.10. The van der Waals surface area contributed by atoms with E-state index >= 15 is 0 Å². The third-order valence-corrected chi connectivity index (χ3v) is 7.52. The van der Waals surface area contributed by atoms with Crippen LogP contribution in [0.1, 0.15) is 30.2 Å². The number of hydrogen-bond acceptors (Lipinski definition) is 6. The molecule has 3 aliphatic heterocycles. The Morgan fingerprint density at radius 2 is 1.97 bits per heavy atom. The highest BCUT2D eigenvalue weighted by Crippen LogP contribution is 2.50. The zero-order valence-corrected chi connectivity index (χ0v) is 17.7. The highest BCUT2D eigenvalue weighted by molar-refractivity contribution is 8.04. The van der Waals surface area contributed by atoms with E-state index in [1.165, 1.54) is 35.6 Å². The van der Waals surface area contributed by atoms with E-state index in [0.717, 1.165) is 30.2 Å². The van der Waals surface area contributed by atoms with Gasteiger partial charge in [0.25, 0.3) is 5.91 Å². The first-order valence-corrected chi connectivity index (χ1v) is 11.1. The average Bonchev–Trinajstić information content (AvgIpc) is 3.40. The molecule has 1 atom stereocenters. The molecule has 0 aliphatic carbocycles. The fourth-order valence-corrected chi connectivity index (χ4v) is 5.79. The van der Waals surface area contributed by atoms with E-state index in [9.17, 15) is 9.18 Å². The Kier molecular flexibility index (Phi) is 4.81. The fraction of sp³-hybridized carbons (Fsp3) is 0.364. The minimum absolute atomic E-state index is 0.00952. The lowest BCUT2D eigenvalue weighted by Crippen LogP contribution is -2.38. The molecule has 3 aliphatic rings. The van der Waals surface area contributed by atoms with Gasteiger partial charge >= 0.3 is 0 Å². The Hall–Kier alpha value is -2.74. The maximum absolute atomic E-state index is 14.5. The Bertz CT molecular complexity index is 1020. The van der Waals surface area contributed by atoms with Crippen LogP contribution in [-0.2, 0) is 4.79 Å². The molecule has 4 heterocycles. The summed E-state index contributed by atoms with van der Waals surface area (Å²) in [5.74, 6) is 0.310. The molecule has 1 amide bonds. The SMILES string of the molecule is CN1C2=C(SC1c1ccc(N3CCCC3)nc1)C(=O)N(c1cccc(N)c1F)CC2. The number of amides is 1. The minimum atomic E-state index is -0.537. The van der Waals surface area contributed by atoms with Gasteiger partial charge in [-0.2, -0.15) is 0 Å². The summed E-state index contributed by atoms with van der Waals surface area (Å²) >= 11 is 1.52. The maximum Gasteiger partial charge on any atom is 0.266 e. The molecule has 2 N–H and O–H groups in total. The summed E-state index contributed by atoms with van der Waals surface area (Å²) in [6.07, 6.45) is 5.02. The first-order valence-electron chi connectivity index (χ1n) is 10.2. The zero-order valence-electron chi connectivity index (χ0n) is 16.8.